The molecule has 3 rings (SSSR count). The third-order valence-corrected chi connectivity index (χ3v) is 6.92. The molecule has 4 heteroatoms. The Morgan fingerprint density at radius 1 is 1.35 bits per heavy atom. The van der Waals surface area contributed by atoms with Gasteiger partial charge in [-0.15, -0.1) is 7.92 Å². The number of hydrogen-bond acceptors (Lipinski definition) is 3. The highest BCUT2D eigenvalue weighted by atomic mass is 31.1. The topological polar surface area (TPSA) is 47.3 Å². The molecule has 1 aromatic rings. The highest BCUT2D eigenvalue weighted by molar-refractivity contribution is 7.55. The van der Waals surface area contributed by atoms with E-state index < -0.39 is 0 Å². The van der Waals surface area contributed by atoms with Crippen molar-refractivity contribution in [2.45, 2.75) is 39.2 Å². The van der Waals surface area contributed by atoms with Gasteiger partial charge in [0.25, 0.3) is 0 Å². The monoisotopic (exact) mass is 372 g/mol. The van der Waals surface area contributed by atoms with Gasteiger partial charge in [0, 0.05) is 19.4 Å². The van der Waals surface area contributed by atoms with Crippen LogP contribution in [0.25, 0.3) is 0 Å². The smallest absolute Gasteiger partial charge is 0.0991 e. The Morgan fingerprint density at radius 3 is 2.58 bits per heavy atom. The van der Waals surface area contributed by atoms with E-state index in [1.165, 1.54) is 29.4 Å². The lowest BCUT2D eigenvalue weighted by Crippen LogP contribution is -2.44. The van der Waals surface area contributed by atoms with Crippen molar-refractivity contribution in [2.75, 3.05) is 33.1 Å². The first-order valence-corrected chi connectivity index (χ1v) is 11.8. The van der Waals surface area contributed by atoms with Crippen LogP contribution in [0.5, 0.6) is 0 Å². The van der Waals surface area contributed by atoms with Crippen LogP contribution in [0.3, 0.4) is 0 Å². The van der Waals surface area contributed by atoms with Gasteiger partial charge < -0.3 is 10.0 Å². The molecule has 1 N–H and O–H groups in total. The van der Waals surface area contributed by atoms with Crippen molar-refractivity contribution in [3.05, 3.63) is 47.2 Å². The lowest BCUT2D eigenvalue weighted by Gasteiger charge is -2.50. The molecule has 1 saturated heterocycles. The molecule has 1 aromatic carbocycles. The zero-order valence-electron chi connectivity index (χ0n) is 16.9. The van der Waals surface area contributed by atoms with Gasteiger partial charge in [-0.1, -0.05) is 26.5 Å². The van der Waals surface area contributed by atoms with Crippen LogP contribution in [0.15, 0.2) is 30.5 Å². The van der Waals surface area contributed by atoms with Crippen molar-refractivity contribution in [2.24, 2.45) is 11.3 Å². The normalized spacial score (nSPS) is 23.9. The predicted molar refractivity (Wildman–Crippen MR) is 112 cm³/mol. The molecule has 2 atom stereocenters. The number of likely N-dealkylation sites (tertiary alicyclic amines) is 1. The molecule has 1 fully saturated rings. The Hall–Kier alpha value is -1.36. The summed E-state index contributed by atoms with van der Waals surface area (Å²) in [6.45, 7) is 15.1. The summed E-state index contributed by atoms with van der Waals surface area (Å²) in [6.07, 6.45) is 4.72. The first-order valence-electron chi connectivity index (χ1n) is 9.40. The molecule has 2 unspecified atom stereocenters. The first kappa shape index (κ1) is 20.9. The highest BCUT2D eigenvalue weighted by Crippen LogP contribution is 2.53. The van der Waals surface area contributed by atoms with Crippen LogP contribution >= 0.6 is 7.92 Å². The molecule has 0 radical (unpaired) electrons. The standard InChI is InChI=1S/C21H29N2P.CH4O/c1-15-7-6-10-23(15)20-18-11-16(13-22)8-9-17(18)12-21(2,3)19(20)14-24(4)5;1-2/h8-9,11,19-20H,1,6-7,10,12,14H2,2-5H3;2H,1H3. The van der Waals surface area contributed by atoms with Crippen LogP contribution in [0.2, 0.25) is 0 Å². The molecule has 0 amide bonds. The summed E-state index contributed by atoms with van der Waals surface area (Å²) in [5.74, 6) is 0.620. The summed E-state index contributed by atoms with van der Waals surface area (Å²) < 4.78 is 0. The Bertz CT molecular complexity index is 690. The summed E-state index contributed by atoms with van der Waals surface area (Å²) in [7, 11) is 1.04. The molecule has 0 saturated carbocycles. The average molecular weight is 372 g/mol. The summed E-state index contributed by atoms with van der Waals surface area (Å²) in [5, 5.41) is 16.4. The number of nitrogens with zero attached hydrogens (tertiary/aromatic N) is 2. The van der Waals surface area contributed by atoms with E-state index in [0.29, 0.717) is 12.0 Å². The summed E-state index contributed by atoms with van der Waals surface area (Å²) in [5.41, 5.74) is 5.17. The number of allylic oxidation sites excluding steroid dienone is 1. The molecule has 0 aromatic heterocycles. The van der Waals surface area contributed by atoms with Gasteiger partial charge in [-0.25, -0.2) is 0 Å². The minimum atomic E-state index is 0.0411. The van der Waals surface area contributed by atoms with Crippen LogP contribution < -0.4 is 0 Å². The van der Waals surface area contributed by atoms with Crippen LogP contribution in [-0.2, 0) is 6.42 Å². The molecule has 3 nitrogen and oxygen atoms in total. The fraction of sp³-hybridized carbons (Fsp3) is 0.591. The molecule has 1 aliphatic carbocycles. The van der Waals surface area contributed by atoms with E-state index in [1.807, 2.05) is 6.07 Å². The Morgan fingerprint density at radius 2 is 2.04 bits per heavy atom. The zero-order chi connectivity index (χ0) is 19.5. The van der Waals surface area contributed by atoms with E-state index in [9.17, 15) is 5.26 Å². The minimum absolute atomic E-state index is 0.0411. The number of aliphatic hydroxyl groups excluding tert-OH is 1. The number of nitriles is 1. The van der Waals surface area contributed by atoms with Gasteiger partial charge in [-0.2, -0.15) is 5.26 Å². The second-order valence-electron chi connectivity index (χ2n) is 8.37. The fourth-order valence-corrected chi connectivity index (χ4v) is 6.06. The fourth-order valence-electron chi connectivity index (χ4n) is 4.58. The van der Waals surface area contributed by atoms with Gasteiger partial charge >= 0.3 is 0 Å². The van der Waals surface area contributed by atoms with Crippen molar-refractivity contribution < 1.29 is 5.11 Å². The molecule has 142 valence electrons. The van der Waals surface area contributed by atoms with E-state index in [4.69, 9.17) is 5.11 Å². The Labute approximate surface area is 160 Å². The number of fused-ring (bicyclic) bond motifs is 1. The third-order valence-electron chi connectivity index (χ3n) is 5.79. The predicted octanol–water partition coefficient (Wildman–Crippen LogP) is 4.76. The van der Waals surface area contributed by atoms with Gasteiger partial charge in [0.15, 0.2) is 0 Å². The van der Waals surface area contributed by atoms with E-state index in [1.54, 1.807) is 0 Å². The highest BCUT2D eigenvalue weighted by Gasteiger charge is 2.45. The number of rotatable bonds is 3. The van der Waals surface area contributed by atoms with Gasteiger partial charge in [0.05, 0.1) is 17.7 Å². The molecule has 0 spiro atoms. The third kappa shape index (κ3) is 4.13. The SMILES string of the molecule is C=C1CCCN1C1c2cc(C#N)ccc2CC(C)(C)C1CP(C)C.CO. The summed E-state index contributed by atoms with van der Waals surface area (Å²) >= 11 is 0. The molecule has 1 aliphatic heterocycles. The molecule has 1 heterocycles. The summed E-state index contributed by atoms with van der Waals surface area (Å²) in [4.78, 5) is 2.56. The number of hydrogen-bond donors (Lipinski definition) is 1. The van der Waals surface area contributed by atoms with E-state index in [0.717, 1.165) is 32.1 Å². The maximum Gasteiger partial charge on any atom is 0.0991 e. The lowest BCUT2D eigenvalue weighted by molar-refractivity contribution is 0.0962. The van der Waals surface area contributed by atoms with Crippen LogP contribution in [0.1, 0.15) is 49.4 Å². The van der Waals surface area contributed by atoms with E-state index >= 15 is 0 Å². The zero-order valence-corrected chi connectivity index (χ0v) is 17.8. The first-order chi connectivity index (χ1) is 12.3. The molecule has 0 bridgehead atoms. The maximum atomic E-state index is 9.38. The van der Waals surface area contributed by atoms with Gasteiger partial charge in [-0.05, 0) is 73.3 Å². The van der Waals surface area contributed by atoms with Crippen molar-refractivity contribution in [3.8, 4) is 6.07 Å². The second kappa shape index (κ2) is 8.55. The quantitative estimate of drug-likeness (QED) is 0.779. The van der Waals surface area contributed by atoms with Crippen LogP contribution in [0, 0.1) is 22.7 Å². The Kier molecular flexibility index (Phi) is 6.89. The van der Waals surface area contributed by atoms with Gasteiger partial charge in [-0.3, -0.25) is 0 Å². The van der Waals surface area contributed by atoms with Crippen molar-refractivity contribution >= 4 is 7.92 Å². The van der Waals surface area contributed by atoms with Crippen molar-refractivity contribution in [1.82, 2.24) is 4.90 Å². The second-order valence-corrected chi connectivity index (χ2v) is 10.9. The minimum Gasteiger partial charge on any atom is -0.400 e. The van der Waals surface area contributed by atoms with Crippen LogP contribution in [0.4, 0.5) is 0 Å². The maximum absolute atomic E-state index is 9.38. The Balaban J connectivity index is 0.00000117. The van der Waals surface area contributed by atoms with E-state index in [-0.39, 0.29) is 13.3 Å². The molecular formula is C22H33N2OP. The van der Waals surface area contributed by atoms with Crippen molar-refractivity contribution in [1.29, 1.82) is 5.26 Å². The number of benzene rings is 1. The number of aliphatic hydroxyl groups is 1. The van der Waals surface area contributed by atoms with E-state index in [2.05, 4.69) is 56.9 Å². The van der Waals surface area contributed by atoms with Crippen LogP contribution in [-0.4, -0.2) is 43.2 Å². The van der Waals surface area contributed by atoms with Gasteiger partial charge in [0.2, 0.25) is 0 Å². The average Bonchev–Trinajstić information content (AvgIpc) is 3.02. The van der Waals surface area contributed by atoms with Crippen molar-refractivity contribution in [3.63, 3.8) is 0 Å². The lowest BCUT2D eigenvalue weighted by atomic mass is 9.64. The largest absolute Gasteiger partial charge is 0.400 e. The molecule has 2 aliphatic rings. The molecular weight excluding hydrogens is 339 g/mol. The molecule has 26 heavy (non-hydrogen) atoms. The summed E-state index contributed by atoms with van der Waals surface area (Å²) in [6, 6.07) is 9.06. The van der Waals surface area contributed by atoms with Gasteiger partial charge in [0.1, 0.15) is 0 Å².